The second kappa shape index (κ2) is 10.5. The molecule has 162 valence electrons. The molecule has 0 aliphatic heterocycles. The van der Waals surface area contributed by atoms with E-state index in [-0.39, 0.29) is 5.91 Å². The van der Waals surface area contributed by atoms with Crippen LogP contribution in [0.1, 0.15) is 31.9 Å². The van der Waals surface area contributed by atoms with Gasteiger partial charge in [0.05, 0.1) is 22.0 Å². The molecule has 1 atom stereocenters. The van der Waals surface area contributed by atoms with Crippen LogP contribution in [0.3, 0.4) is 0 Å². The number of anilines is 1. The Bertz CT molecular complexity index is 1060. The van der Waals surface area contributed by atoms with Gasteiger partial charge in [-0.2, -0.15) is 0 Å². The summed E-state index contributed by atoms with van der Waals surface area (Å²) in [6.07, 6.45) is 0.323. The van der Waals surface area contributed by atoms with Gasteiger partial charge in [0.1, 0.15) is 0 Å². The molecule has 0 fully saturated rings. The number of carbonyl (C=O) groups excluding carboxylic acids is 1. The number of hydrogen-bond acceptors (Lipinski definition) is 3. The fraction of sp³-hybridized carbons (Fsp3) is 0.240. The highest BCUT2D eigenvalue weighted by Gasteiger charge is 2.29. The third-order valence-corrected chi connectivity index (χ3v) is 7.91. The lowest BCUT2D eigenvalue weighted by Gasteiger charge is -2.25. The fourth-order valence-corrected chi connectivity index (χ4v) is 5.49. The van der Waals surface area contributed by atoms with Crippen LogP contribution in [0.2, 0.25) is 5.02 Å². The highest BCUT2D eigenvalue weighted by atomic mass is 35.5. The summed E-state index contributed by atoms with van der Waals surface area (Å²) in [7, 11) is -1.28. The average Bonchev–Trinajstić information content (AvgIpc) is 2.75. The van der Waals surface area contributed by atoms with E-state index >= 15 is 0 Å². The minimum atomic E-state index is -1.28. The fourth-order valence-electron chi connectivity index (χ4n) is 3.20. The van der Waals surface area contributed by atoms with Crippen molar-refractivity contribution in [3.63, 3.8) is 0 Å². The molecule has 6 heteroatoms. The number of nitrogens with one attached hydrogen (secondary N) is 1. The molecule has 1 unspecified atom stereocenters. The van der Waals surface area contributed by atoms with Gasteiger partial charge in [-0.3, -0.25) is 9.00 Å². The molecule has 0 radical (unpaired) electrons. The van der Waals surface area contributed by atoms with Crippen LogP contribution in [-0.4, -0.2) is 15.9 Å². The summed E-state index contributed by atoms with van der Waals surface area (Å²) < 4.78 is 12.5. The summed E-state index contributed by atoms with van der Waals surface area (Å²) in [4.78, 5) is 14.3. The molecule has 0 aromatic heterocycles. The van der Waals surface area contributed by atoms with Crippen molar-refractivity contribution in [1.82, 2.24) is 0 Å². The van der Waals surface area contributed by atoms with Crippen molar-refractivity contribution in [2.24, 2.45) is 0 Å². The zero-order chi connectivity index (χ0) is 22.4. The number of rotatable bonds is 8. The summed E-state index contributed by atoms with van der Waals surface area (Å²) in [6, 6.07) is 22.8. The number of amides is 1. The summed E-state index contributed by atoms with van der Waals surface area (Å²) in [6.45, 7) is 6.00. The molecule has 1 amide bonds. The van der Waals surface area contributed by atoms with Crippen molar-refractivity contribution < 1.29 is 9.00 Å². The third-order valence-electron chi connectivity index (χ3n) is 4.94. The molecule has 1 N–H and O–H groups in total. The monoisotopic (exact) mass is 471 g/mol. The van der Waals surface area contributed by atoms with Crippen LogP contribution in [-0.2, 0) is 26.8 Å². The smallest absolute Gasteiger partial charge is 0.228 e. The van der Waals surface area contributed by atoms with Gasteiger partial charge in [0, 0.05) is 20.5 Å². The van der Waals surface area contributed by atoms with Gasteiger partial charge < -0.3 is 5.32 Å². The van der Waals surface area contributed by atoms with E-state index in [2.05, 4.69) is 12.2 Å². The molecule has 0 heterocycles. The molecule has 0 spiro atoms. The van der Waals surface area contributed by atoms with E-state index in [1.54, 1.807) is 30.0 Å². The summed E-state index contributed by atoms with van der Waals surface area (Å²) in [5.41, 5.74) is 2.62. The van der Waals surface area contributed by atoms with E-state index in [4.69, 9.17) is 11.6 Å². The largest absolute Gasteiger partial charge is 0.326 e. The van der Waals surface area contributed by atoms with Crippen molar-refractivity contribution >= 4 is 45.8 Å². The number of hydrogen-bond donors (Lipinski definition) is 1. The second-order valence-corrected chi connectivity index (χ2v) is 11.4. The Morgan fingerprint density at radius 2 is 1.71 bits per heavy atom. The zero-order valence-corrected chi connectivity index (χ0v) is 20.2. The average molecular weight is 472 g/mol. The van der Waals surface area contributed by atoms with Crippen molar-refractivity contribution in [2.75, 3.05) is 11.1 Å². The van der Waals surface area contributed by atoms with E-state index in [0.29, 0.717) is 16.3 Å². The van der Waals surface area contributed by atoms with Crippen LogP contribution in [0, 0.1) is 0 Å². The molecular weight excluding hydrogens is 446 g/mol. The Labute approximate surface area is 196 Å². The molecule has 0 saturated carbocycles. The highest BCUT2D eigenvalue weighted by molar-refractivity contribution is 7.99. The standard InChI is InChI=1S/C25H26ClNO2S2/c1-4-30-22-14-8-18(9-15-22)16-24(28)27-21-12-10-19(11-13-21)25(2,3)31(29)23-7-5-6-20(26)17-23/h5-15,17H,4,16H2,1-3H3,(H,27,28). The first-order valence-corrected chi connectivity index (χ1v) is 12.6. The van der Waals surface area contributed by atoms with Gasteiger partial charge in [0.25, 0.3) is 0 Å². The van der Waals surface area contributed by atoms with Gasteiger partial charge in [-0.15, -0.1) is 11.8 Å². The lowest BCUT2D eigenvalue weighted by Crippen LogP contribution is -2.24. The van der Waals surface area contributed by atoms with Crippen LogP contribution in [0.4, 0.5) is 5.69 Å². The Hall–Kier alpha value is -2.08. The van der Waals surface area contributed by atoms with Crippen molar-refractivity contribution in [1.29, 1.82) is 0 Å². The molecule has 31 heavy (non-hydrogen) atoms. The van der Waals surface area contributed by atoms with Crippen LogP contribution < -0.4 is 5.32 Å². The summed E-state index contributed by atoms with van der Waals surface area (Å²) in [5.74, 6) is 0.963. The molecule has 3 aromatic carbocycles. The molecule has 0 saturated heterocycles. The van der Waals surface area contributed by atoms with E-state index in [1.807, 2.05) is 68.4 Å². The van der Waals surface area contributed by atoms with E-state index in [1.165, 1.54) is 4.90 Å². The SMILES string of the molecule is CCSc1ccc(CC(=O)Nc2ccc(C(C)(C)S(=O)c3cccc(Cl)c3)cc2)cc1. The van der Waals surface area contributed by atoms with Crippen molar-refractivity contribution in [2.45, 2.75) is 41.7 Å². The van der Waals surface area contributed by atoms with Gasteiger partial charge in [-0.05, 0) is 73.2 Å². The number of benzene rings is 3. The molecule has 3 rings (SSSR count). The van der Waals surface area contributed by atoms with Crippen molar-refractivity contribution in [3.8, 4) is 0 Å². The summed E-state index contributed by atoms with van der Waals surface area (Å²) in [5, 5.41) is 3.51. The molecule has 0 aliphatic carbocycles. The van der Waals surface area contributed by atoms with Crippen LogP contribution in [0.5, 0.6) is 0 Å². The predicted octanol–water partition coefficient (Wildman–Crippen LogP) is 6.68. The minimum absolute atomic E-state index is 0.0644. The van der Waals surface area contributed by atoms with Crippen LogP contribution in [0.25, 0.3) is 0 Å². The first-order valence-electron chi connectivity index (χ1n) is 10.1. The number of halogens is 1. The third kappa shape index (κ3) is 6.22. The lowest BCUT2D eigenvalue weighted by molar-refractivity contribution is -0.115. The van der Waals surface area contributed by atoms with E-state index in [9.17, 15) is 9.00 Å². The first kappa shape index (κ1) is 23.6. The Morgan fingerprint density at radius 1 is 1.03 bits per heavy atom. The van der Waals surface area contributed by atoms with Crippen molar-refractivity contribution in [3.05, 3.63) is 88.9 Å². The first-order chi connectivity index (χ1) is 14.8. The minimum Gasteiger partial charge on any atom is -0.326 e. The second-order valence-electron chi connectivity index (χ2n) is 7.62. The van der Waals surface area contributed by atoms with E-state index in [0.717, 1.165) is 22.6 Å². The Morgan fingerprint density at radius 3 is 2.32 bits per heavy atom. The Balaban J connectivity index is 1.65. The topological polar surface area (TPSA) is 46.2 Å². The quantitative estimate of drug-likeness (QED) is 0.373. The van der Waals surface area contributed by atoms with Gasteiger partial charge in [-0.25, -0.2) is 0 Å². The maximum absolute atomic E-state index is 13.1. The highest BCUT2D eigenvalue weighted by Crippen LogP contribution is 2.33. The normalized spacial score (nSPS) is 12.4. The number of carbonyl (C=O) groups is 1. The molecular formula is C25H26ClNO2S2. The number of thioether (sulfide) groups is 1. The molecule has 3 aromatic rings. The summed E-state index contributed by atoms with van der Waals surface area (Å²) >= 11 is 7.84. The zero-order valence-electron chi connectivity index (χ0n) is 17.9. The van der Waals surface area contributed by atoms with Gasteiger partial charge >= 0.3 is 0 Å². The molecule has 0 aliphatic rings. The van der Waals surface area contributed by atoms with Crippen LogP contribution in [0.15, 0.2) is 82.6 Å². The predicted molar refractivity (Wildman–Crippen MR) is 133 cm³/mol. The molecule has 0 bridgehead atoms. The van der Waals surface area contributed by atoms with Gasteiger partial charge in [0.15, 0.2) is 0 Å². The maximum Gasteiger partial charge on any atom is 0.228 e. The molecule has 3 nitrogen and oxygen atoms in total. The van der Waals surface area contributed by atoms with Gasteiger partial charge in [-0.1, -0.05) is 48.9 Å². The maximum atomic E-state index is 13.1. The lowest BCUT2D eigenvalue weighted by atomic mass is 10.0. The van der Waals surface area contributed by atoms with Gasteiger partial charge in [0.2, 0.25) is 5.91 Å². The van der Waals surface area contributed by atoms with Crippen LogP contribution >= 0.6 is 23.4 Å². The Kier molecular flexibility index (Phi) is 7.98. The van der Waals surface area contributed by atoms with E-state index < -0.39 is 15.5 Å².